The van der Waals surface area contributed by atoms with Crippen LogP contribution in [0.1, 0.15) is 20.7 Å². The third-order valence-corrected chi connectivity index (χ3v) is 5.27. The lowest BCUT2D eigenvalue weighted by Crippen LogP contribution is -2.33. The smallest absolute Gasteiger partial charge is 0.343 e. The van der Waals surface area contributed by atoms with E-state index in [4.69, 9.17) is 21.1 Å². The van der Waals surface area contributed by atoms with Gasteiger partial charge in [-0.25, -0.2) is 14.5 Å². The van der Waals surface area contributed by atoms with Crippen LogP contribution in [0.25, 0.3) is 0 Å². The minimum absolute atomic E-state index is 0.0405. The number of esters is 2. The molecule has 0 aromatic heterocycles. The number of hydrogen-bond donors (Lipinski definition) is 1. The molecule has 1 aliphatic heterocycles. The molecule has 1 aliphatic rings. The highest BCUT2D eigenvalue weighted by atomic mass is 35.5. The van der Waals surface area contributed by atoms with Crippen LogP contribution in [0.15, 0.2) is 89.6 Å². The van der Waals surface area contributed by atoms with Crippen LogP contribution in [0.3, 0.4) is 0 Å². The first kappa shape index (κ1) is 22.8. The van der Waals surface area contributed by atoms with Crippen LogP contribution in [-0.4, -0.2) is 30.9 Å². The number of carbonyl (C=O) groups is 4. The Balaban J connectivity index is 1.52. The number of ether oxygens (including phenoxy) is 2. The summed E-state index contributed by atoms with van der Waals surface area (Å²) in [6.07, 6.45) is 0. The van der Waals surface area contributed by atoms with Crippen LogP contribution in [0, 0.1) is 0 Å². The molecule has 9 heteroatoms. The summed E-state index contributed by atoms with van der Waals surface area (Å²) in [7, 11) is 1.20. The van der Waals surface area contributed by atoms with Gasteiger partial charge in [0.1, 0.15) is 16.5 Å². The minimum Gasteiger partial charge on any atom is -0.465 e. The normalized spacial score (nSPS) is 13.2. The molecule has 0 atom stereocenters. The topological polar surface area (TPSA) is 102 Å². The zero-order valence-corrected chi connectivity index (χ0v) is 18.5. The number of rotatable bonds is 6. The second kappa shape index (κ2) is 9.60. The molecule has 0 unspecified atom stereocenters. The average molecular weight is 477 g/mol. The van der Waals surface area contributed by atoms with E-state index in [1.807, 2.05) is 6.07 Å². The maximum atomic E-state index is 13.0. The predicted molar refractivity (Wildman–Crippen MR) is 125 cm³/mol. The van der Waals surface area contributed by atoms with Gasteiger partial charge in [-0.1, -0.05) is 41.9 Å². The van der Waals surface area contributed by atoms with Crippen LogP contribution in [-0.2, 0) is 14.3 Å². The summed E-state index contributed by atoms with van der Waals surface area (Å²) < 4.78 is 10.0. The average Bonchev–Trinajstić information content (AvgIpc) is 3.07. The summed E-state index contributed by atoms with van der Waals surface area (Å²) in [5.41, 5.74) is 0.633. The van der Waals surface area contributed by atoms with Gasteiger partial charge in [0.25, 0.3) is 11.8 Å². The molecule has 0 spiro atoms. The van der Waals surface area contributed by atoms with E-state index >= 15 is 0 Å². The van der Waals surface area contributed by atoms with Crippen molar-refractivity contribution in [3.63, 3.8) is 0 Å². The number of hydrogen-bond acceptors (Lipinski definition) is 7. The molecule has 3 aromatic rings. The highest BCUT2D eigenvalue weighted by Crippen LogP contribution is 2.32. The summed E-state index contributed by atoms with van der Waals surface area (Å²) in [4.78, 5) is 51.0. The molecule has 4 rings (SSSR count). The first-order valence-corrected chi connectivity index (χ1v) is 10.4. The van der Waals surface area contributed by atoms with Gasteiger partial charge in [-0.15, -0.1) is 0 Å². The van der Waals surface area contributed by atoms with E-state index in [-0.39, 0.29) is 27.5 Å². The number of methoxy groups -OCH3 is 1. The van der Waals surface area contributed by atoms with Gasteiger partial charge in [0.15, 0.2) is 0 Å². The molecule has 0 bridgehead atoms. The SMILES string of the molecule is COC(=O)c1ccccc1N1C(=O)C(Cl)=C(Nc2ccc(C(=O)Oc3ccccc3)cc2)C1=O. The van der Waals surface area contributed by atoms with E-state index in [0.29, 0.717) is 11.4 Å². The molecule has 0 aliphatic carbocycles. The molecule has 3 aromatic carbocycles. The second-order valence-corrected chi connectivity index (χ2v) is 7.43. The maximum absolute atomic E-state index is 13.0. The number of nitrogens with one attached hydrogen (secondary N) is 1. The fourth-order valence-corrected chi connectivity index (χ4v) is 3.48. The standard InChI is InChI=1S/C25H17ClN2O6/c1-33-25(32)18-9-5-6-10-19(18)28-22(29)20(26)21(23(28)30)27-16-13-11-15(12-14-16)24(31)34-17-7-3-2-4-8-17/h2-14,27H,1H3. The number of anilines is 2. The fourth-order valence-electron chi connectivity index (χ4n) is 3.27. The zero-order chi connectivity index (χ0) is 24.2. The molecule has 0 radical (unpaired) electrons. The van der Waals surface area contributed by atoms with Gasteiger partial charge in [0.2, 0.25) is 0 Å². The van der Waals surface area contributed by atoms with Crippen LogP contribution >= 0.6 is 11.6 Å². The monoisotopic (exact) mass is 476 g/mol. The number of imide groups is 1. The van der Waals surface area contributed by atoms with Gasteiger partial charge in [-0.05, 0) is 48.5 Å². The highest BCUT2D eigenvalue weighted by Gasteiger charge is 2.40. The van der Waals surface area contributed by atoms with Crippen molar-refractivity contribution in [2.45, 2.75) is 0 Å². The van der Waals surface area contributed by atoms with Crippen LogP contribution < -0.4 is 15.0 Å². The second-order valence-electron chi connectivity index (χ2n) is 7.05. The summed E-state index contributed by atoms with van der Waals surface area (Å²) in [5, 5.41) is 2.48. The number of halogens is 1. The Bertz CT molecular complexity index is 1320. The van der Waals surface area contributed by atoms with Gasteiger partial charge in [-0.3, -0.25) is 9.59 Å². The van der Waals surface area contributed by atoms with Crippen molar-refractivity contribution in [3.05, 3.63) is 101 Å². The van der Waals surface area contributed by atoms with Crippen molar-refractivity contribution in [2.75, 3.05) is 17.3 Å². The van der Waals surface area contributed by atoms with Crippen molar-refractivity contribution < 1.29 is 28.7 Å². The molecule has 2 amide bonds. The van der Waals surface area contributed by atoms with E-state index < -0.39 is 23.8 Å². The molecular formula is C25H17ClN2O6. The molecule has 170 valence electrons. The third-order valence-electron chi connectivity index (χ3n) is 4.92. The largest absolute Gasteiger partial charge is 0.465 e. The quantitative estimate of drug-likeness (QED) is 0.324. The van der Waals surface area contributed by atoms with E-state index in [1.54, 1.807) is 48.5 Å². The van der Waals surface area contributed by atoms with Crippen molar-refractivity contribution in [1.29, 1.82) is 0 Å². The number of amides is 2. The Kier molecular flexibility index (Phi) is 6.42. The molecular weight excluding hydrogens is 460 g/mol. The van der Waals surface area contributed by atoms with Gasteiger partial charge in [0.05, 0.1) is 23.9 Å². The lowest BCUT2D eigenvalue weighted by atomic mass is 10.1. The van der Waals surface area contributed by atoms with Crippen molar-refractivity contribution in [2.24, 2.45) is 0 Å². The molecule has 8 nitrogen and oxygen atoms in total. The number of carbonyl (C=O) groups excluding carboxylic acids is 4. The summed E-state index contributed by atoms with van der Waals surface area (Å²) in [5.74, 6) is -2.36. The lowest BCUT2D eigenvalue weighted by Gasteiger charge is -2.17. The van der Waals surface area contributed by atoms with Crippen molar-refractivity contribution in [3.8, 4) is 5.75 Å². The zero-order valence-electron chi connectivity index (χ0n) is 17.8. The van der Waals surface area contributed by atoms with E-state index in [0.717, 1.165) is 4.90 Å². The molecule has 0 fully saturated rings. The predicted octanol–water partition coefficient (Wildman–Crippen LogP) is 4.13. The highest BCUT2D eigenvalue weighted by molar-refractivity contribution is 6.53. The fraction of sp³-hybridized carbons (Fsp3) is 0.0400. The van der Waals surface area contributed by atoms with Crippen molar-refractivity contribution in [1.82, 2.24) is 0 Å². The number of benzene rings is 3. The van der Waals surface area contributed by atoms with E-state index in [2.05, 4.69) is 5.32 Å². The van der Waals surface area contributed by atoms with Crippen LogP contribution in [0.5, 0.6) is 5.75 Å². The first-order valence-electron chi connectivity index (χ1n) is 10.0. The Hall–Kier alpha value is -4.43. The first-order chi connectivity index (χ1) is 16.4. The Morgan fingerprint density at radius 2 is 1.47 bits per heavy atom. The summed E-state index contributed by atoms with van der Waals surface area (Å²) in [6, 6.07) is 20.8. The van der Waals surface area contributed by atoms with Gasteiger partial charge < -0.3 is 14.8 Å². The molecule has 34 heavy (non-hydrogen) atoms. The third kappa shape index (κ3) is 4.39. The van der Waals surface area contributed by atoms with Gasteiger partial charge in [0, 0.05) is 5.69 Å². The van der Waals surface area contributed by atoms with Crippen molar-refractivity contribution >= 4 is 46.7 Å². The number of para-hydroxylation sites is 2. The Morgan fingerprint density at radius 3 is 2.15 bits per heavy atom. The van der Waals surface area contributed by atoms with Crippen LogP contribution in [0.4, 0.5) is 11.4 Å². The number of nitrogens with zero attached hydrogens (tertiary/aromatic N) is 1. The minimum atomic E-state index is -0.784. The maximum Gasteiger partial charge on any atom is 0.343 e. The molecule has 0 saturated heterocycles. The van der Waals surface area contributed by atoms with Crippen LogP contribution in [0.2, 0.25) is 0 Å². The van der Waals surface area contributed by atoms with E-state index in [9.17, 15) is 19.2 Å². The van der Waals surface area contributed by atoms with Gasteiger partial charge in [-0.2, -0.15) is 0 Å². The van der Waals surface area contributed by atoms with E-state index in [1.165, 1.54) is 31.4 Å². The Labute approximate surface area is 199 Å². The summed E-state index contributed by atoms with van der Waals surface area (Å²) >= 11 is 6.17. The molecule has 1 heterocycles. The summed E-state index contributed by atoms with van der Waals surface area (Å²) in [6.45, 7) is 0. The lowest BCUT2D eigenvalue weighted by molar-refractivity contribution is -0.120. The Morgan fingerprint density at radius 1 is 0.824 bits per heavy atom. The molecule has 1 N–H and O–H groups in total. The van der Waals surface area contributed by atoms with Gasteiger partial charge >= 0.3 is 11.9 Å². The molecule has 0 saturated carbocycles.